The highest BCUT2D eigenvalue weighted by Gasteiger charge is 2.28. The number of hydrogen-bond donors (Lipinski definition) is 0. The van der Waals surface area contributed by atoms with E-state index in [0.717, 1.165) is 12.1 Å². The summed E-state index contributed by atoms with van der Waals surface area (Å²) in [6.07, 6.45) is 2.29. The maximum Gasteiger partial charge on any atom is 0.414 e. The Hall–Kier alpha value is -1.77. The molecule has 1 saturated heterocycles. The molecule has 0 radical (unpaired) electrons. The van der Waals surface area contributed by atoms with Gasteiger partial charge in [-0.1, -0.05) is 24.3 Å². The average molecular weight is 203 g/mol. The summed E-state index contributed by atoms with van der Waals surface area (Å²) in [7, 11) is 0. The summed E-state index contributed by atoms with van der Waals surface area (Å²) < 4.78 is 5.02. The van der Waals surface area contributed by atoms with Crippen molar-refractivity contribution in [3.05, 3.63) is 43.0 Å². The number of hydrogen-bond acceptors (Lipinski definition) is 2. The standard InChI is InChI=1S/C12H13NO2/c1-2-10-8-9-15-12(14)13(10)11-6-4-3-5-7-11/h2-7,10H,1,8-9H2. The Balaban J connectivity index is 2.31. The summed E-state index contributed by atoms with van der Waals surface area (Å²) in [6.45, 7) is 4.22. The van der Waals surface area contributed by atoms with Gasteiger partial charge in [-0.3, -0.25) is 4.90 Å². The van der Waals surface area contributed by atoms with Crippen molar-refractivity contribution in [2.24, 2.45) is 0 Å². The predicted octanol–water partition coefficient (Wildman–Crippen LogP) is 2.59. The van der Waals surface area contributed by atoms with Crippen LogP contribution in [0.15, 0.2) is 43.0 Å². The van der Waals surface area contributed by atoms with E-state index in [9.17, 15) is 4.79 Å². The van der Waals surface area contributed by atoms with Gasteiger partial charge in [0.25, 0.3) is 0 Å². The number of anilines is 1. The maximum absolute atomic E-state index is 11.6. The fourth-order valence-electron chi connectivity index (χ4n) is 1.71. The van der Waals surface area contributed by atoms with E-state index in [2.05, 4.69) is 6.58 Å². The third-order valence-electron chi connectivity index (χ3n) is 2.47. The van der Waals surface area contributed by atoms with Crippen LogP contribution >= 0.6 is 0 Å². The van der Waals surface area contributed by atoms with Crippen molar-refractivity contribution in [3.8, 4) is 0 Å². The normalized spacial score (nSPS) is 20.9. The Bertz CT molecular complexity index is 361. The number of benzene rings is 1. The van der Waals surface area contributed by atoms with Crippen molar-refractivity contribution in [2.45, 2.75) is 12.5 Å². The van der Waals surface area contributed by atoms with Gasteiger partial charge < -0.3 is 4.74 Å². The van der Waals surface area contributed by atoms with Crippen LogP contribution < -0.4 is 4.90 Å². The lowest BCUT2D eigenvalue weighted by atomic mass is 10.1. The van der Waals surface area contributed by atoms with Crippen LogP contribution in [0.1, 0.15) is 6.42 Å². The summed E-state index contributed by atoms with van der Waals surface area (Å²) in [5, 5.41) is 0. The quantitative estimate of drug-likeness (QED) is 0.691. The monoisotopic (exact) mass is 203 g/mol. The Morgan fingerprint density at radius 1 is 1.40 bits per heavy atom. The van der Waals surface area contributed by atoms with Gasteiger partial charge in [-0.05, 0) is 12.1 Å². The maximum atomic E-state index is 11.6. The van der Waals surface area contributed by atoms with E-state index in [1.807, 2.05) is 30.3 Å². The van der Waals surface area contributed by atoms with Gasteiger partial charge in [0.15, 0.2) is 0 Å². The minimum atomic E-state index is -0.294. The second-order valence-corrected chi connectivity index (χ2v) is 3.41. The van der Waals surface area contributed by atoms with E-state index >= 15 is 0 Å². The van der Waals surface area contributed by atoms with Crippen molar-refractivity contribution in [1.82, 2.24) is 0 Å². The predicted molar refractivity (Wildman–Crippen MR) is 58.9 cm³/mol. The molecule has 0 saturated carbocycles. The van der Waals surface area contributed by atoms with Crippen LogP contribution in [0.25, 0.3) is 0 Å². The number of para-hydroxylation sites is 1. The Labute approximate surface area is 89.0 Å². The first kappa shape index (κ1) is 9.77. The van der Waals surface area contributed by atoms with Gasteiger partial charge in [0.05, 0.1) is 12.6 Å². The van der Waals surface area contributed by atoms with Crippen molar-refractivity contribution >= 4 is 11.8 Å². The number of nitrogens with zero attached hydrogens (tertiary/aromatic N) is 1. The lowest BCUT2D eigenvalue weighted by Gasteiger charge is -2.32. The zero-order valence-electron chi connectivity index (χ0n) is 8.43. The van der Waals surface area contributed by atoms with E-state index < -0.39 is 0 Å². The topological polar surface area (TPSA) is 29.5 Å². The van der Waals surface area contributed by atoms with Gasteiger partial charge in [0.2, 0.25) is 0 Å². The Morgan fingerprint density at radius 3 is 2.80 bits per heavy atom. The van der Waals surface area contributed by atoms with Crippen molar-refractivity contribution in [1.29, 1.82) is 0 Å². The SMILES string of the molecule is C=CC1CCOC(=O)N1c1ccccc1. The molecule has 1 heterocycles. The molecule has 78 valence electrons. The molecule has 0 aromatic heterocycles. The lowest BCUT2D eigenvalue weighted by Crippen LogP contribution is -2.44. The number of amides is 1. The van der Waals surface area contributed by atoms with Gasteiger partial charge in [-0.15, -0.1) is 6.58 Å². The van der Waals surface area contributed by atoms with Gasteiger partial charge in [-0.2, -0.15) is 0 Å². The molecule has 1 unspecified atom stereocenters. The van der Waals surface area contributed by atoms with E-state index in [1.165, 1.54) is 0 Å². The second-order valence-electron chi connectivity index (χ2n) is 3.41. The molecule has 1 aromatic rings. The second kappa shape index (κ2) is 4.17. The molecule has 1 atom stereocenters. The minimum absolute atomic E-state index is 0.0358. The molecule has 0 bridgehead atoms. The molecule has 1 aliphatic rings. The Morgan fingerprint density at radius 2 is 2.13 bits per heavy atom. The zero-order valence-corrected chi connectivity index (χ0v) is 8.43. The van der Waals surface area contributed by atoms with Gasteiger partial charge in [-0.25, -0.2) is 4.79 Å². The largest absolute Gasteiger partial charge is 0.449 e. The van der Waals surface area contributed by atoms with Crippen LogP contribution in [0.4, 0.5) is 10.5 Å². The highest BCUT2D eigenvalue weighted by molar-refractivity contribution is 5.89. The summed E-state index contributed by atoms with van der Waals surface area (Å²) in [4.78, 5) is 13.3. The number of carbonyl (C=O) groups is 1. The fraction of sp³-hybridized carbons (Fsp3) is 0.250. The molecular weight excluding hydrogens is 190 g/mol. The van der Waals surface area contributed by atoms with Crippen LogP contribution in [0.3, 0.4) is 0 Å². The van der Waals surface area contributed by atoms with Crippen LogP contribution in [0.2, 0.25) is 0 Å². The summed E-state index contributed by atoms with van der Waals surface area (Å²) in [5.41, 5.74) is 0.854. The molecule has 1 aliphatic heterocycles. The Kier molecular flexibility index (Phi) is 2.72. The summed E-state index contributed by atoms with van der Waals surface area (Å²) in [6, 6.07) is 9.54. The first-order valence-electron chi connectivity index (χ1n) is 4.96. The van der Waals surface area contributed by atoms with E-state index in [1.54, 1.807) is 11.0 Å². The highest BCUT2D eigenvalue weighted by Crippen LogP contribution is 2.23. The molecule has 15 heavy (non-hydrogen) atoms. The van der Waals surface area contributed by atoms with Crippen LogP contribution in [-0.2, 0) is 4.74 Å². The van der Waals surface area contributed by atoms with E-state index in [0.29, 0.717) is 6.61 Å². The lowest BCUT2D eigenvalue weighted by molar-refractivity contribution is 0.134. The molecule has 3 nitrogen and oxygen atoms in total. The first-order valence-corrected chi connectivity index (χ1v) is 4.96. The summed E-state index contributed by atoms with van der Waals surface area (Å²) >= 11 is 0. The fourth-order valence-corrected chi connectivity index (χ4v) is 1.71. The van der Waals surface area contributed by atoms with E-state index in [4.69, 9.17) is 4.74 Å². The average Bonchev–Trinajstić information content (AvgIpc) is 2.29. The molecule has 1 amide bonds. The molecule has 2 rings (SSSR count). The smallest absolute Gasteiger partial charge is 0.414 e. The van der Waals surface area contributed by atoms with Crippen LogP contribution in [0.5, 0.6) is 0 Å². The number of ether oxygens (including phenoxy) is 1. The third-order valence-corrected chi connectivity index (χ3v) is 2.47. The molecular formula is C12H13NO2. The molecule has 0 spiro atoms. The van der Waals surface area contributed by atoms with Gasteiger partial charge >= 0.3 is 6.09 Å². The van der Waals surface area contributed by atoms with Crippen molar-refractivity contribution in [2.75, 3.05) is 11.5 Å². The van der Waals surface area contributed by atoms with Crippen LogP contribution in [-0.4, -0.2) is 18.7 Å². The van der Waals surface area contributed by atoms with Crippen LogP contribution in [0, 0.1) is 0 Å². The van der Waals surface area contributed by atoms with Gasteiger partial charge in [0, 0.05) is 12.1 Å². The van der Waals surface area contributed by atoms with Crippen molar-refractivity contribution in [3.63, 3.8) is 0 Å². The minimum Gasteiger partial charge on any atom is -0.449 e. The molecule has 1 aromatic carbocycles. The number of carbonyl (C=O) groups excluding carboxylic acids is 1. The highest BCUT2D eigenvalue weighted by atomic mass is 16.6. The molecule has 0 N–H and O–H groups in total. The van der Waals surface area contributed by atoms with Crippen molar-refractivity contribution < 1.29 is 9.53 Å². The molecule has 0 aliphatic carbocycles. The van der Waals surface area contributed by atoms with E-state index in [-0.39, 0.29) is 12.1 Å². The molecule has 1 fully saturated rings. The zero-order chi connectivity index (χ0) is 10.7. The number of rotatable bonds is 2. The summed E-state index contributed by atoms with van der Waals surface area (Å²) in [5.74, 6) is 0. The van der Waals surface area contributed by atoms with Gasteiger partial charge in [0.1, 0.15) is 0 Å². The molecule has 3 heteroatoms. The first-order chi connectivity index (χ1) is 7.33. The number of cyclic esters (lactones) is 1. The third kappa shape index (κ3) is 1.86.